The quantitative estimate of drug-likeness (QED) is 0.859. The molecule has 2 aromatic rings. The number of benzene rings is 1. The van der Waals surface area contributed by atoms with E-state index in [1.165, 1.54) is 11.3 Å². The van der Waals surface area contributed by atoms with Gasteiger partial charge >= 0.3 is 0 Å². The average molecular weight is 235 g/mol. The molecule has 1 heterocycles. The van der Waals surface area contributed by atoms with E-state index >= 15 is 0 Å². The van der Waals surface area contributed by atoms with Gasteiger partial charge in [0.1, 0.15) is 0 Å². The number of rotatable bonds is 3. The maximum Gasteiger partial charge on any atom is 0.224 e. The van der Waals surface area contributed by atoms with Crippen LogP contribution in [0, 0.1) is 0 Å². The first-order valence-corrected chi connectivity index (χ1v) is 5.96. The van der Waals surface area contributed by atoms with Crippen LogP contribution in [0.15, 0.2) is 18.2 Å². The van der Waals surface area contributed by atoms with Gasteiger partial charge < -0.3 is 11.1 Å². The monoisotopic (exact) mass is 235 g/mol. The summed E-state index contributed by atoms with van der Waals surface area (Å²) < 4.78 is 1.03. The number of hydrogen-bond donors (Lipinski definition) is 2. The fourth-order valence-corrected chi connectivity index (χ4v) is 2.19. The summed E-state index contributed by atoms with van der Waals surface area (Å²) in [4.78, 5) is 15.6. The van der Waals surface area contributed by atoms with E-state index in [0.717, 1.165) is 22.3 Å². The number of nitrogens with one attached hydrogen (secondary N) is 1. The largest absolute Gasteiger partial charge is 0.375 e. The van der Waals surface area contributed by atoms with Gasteiger partial charge in [0.2, 0.25) is 5.91 Å². The third-order valence-electron chi connectivity index (χ3n) is 2.16. The molecule has 0 saturated heterocycles. The third-order valence-corrected chi connectivity index (χ3v) is 3.03. The van der Waals surface area contributed by atoms with Crippen molar-refractivity contribution in [1.82, 2.24) is 4.98 Å². The van der Waals surface area contributed by atoms with E-state index in [0.29, 0.717) is 11.6 Å². The molecule has 0 radical (unpaired) electrons. The molecule has 0 saturated carbocycles. The molecule has 1 aromatic carbocycles. The van der Waals surface area contributed by atoms with Crippen molar-refractivity contribution in [2.24, 2.45) is 0 Å². The van der Waals surface area contributed by atoms with Crippen LogP contribution in [0.4, 0.5) is 10.8 Å². The molecule has 3 N–H and O–H groups in total. The zero-order chi connectivity index (χ0) is 11.5. The predicted molar refractivity (Wildman–Crippen MR) is 67.6 cm³/mol. The van der Waals surface area contributed by atoms with Crippen molar-refractivity contribution < 1.29 is 4.79 Å². The van der Waals surface area contributed by atoms with Crippen molar-refractivity contribution in [1.29, 1.82) is 0 Å². The Bertz CT molecular complexity index is 521. The van der Waals surface area contributed by atoms with Crippen LogP contribution in [0.2, 0.25) is 0 Å². The van der Waals surface area contributed by atoms with Gasteiger partial charge in [0.05, 0.1) is 10.2 Å². The number of thiazole rings is 1. The first-order chi connectivity index (χ1) is 7.69. The Kier molecular flexibility index (Phi) is 3.05. The highest BCUT2D eigenvalue weighted by molar-refractivity contribution is 7.22. The summed E-state index contributed by atoms with van der Waals surface area (Å²) in [7, 11) is 0. The molecule has 0 unspecified atom stereocenters. The van der Waals surface area contributed by atoms with Gasteiger partial charge in [-0.05, 0) is 24.6 Å². The number of nitrogens with zero attached hydrogens (tertiary/aromatic N) is 1. The van der Waals surface area contributed by atoms with Crippen LogP contribution in [-0.2, 0) is 4.79 Å². The van der Waals surface area contributed by atoms with Crippen LogP contribution < -0.4 is 11.1 Å². The van der Waals surface area contributed by atoms with Crippen LogP contribution in [-0.4, -0.2) is 10.9 Å². The second-order valence-electron chi connectivity index (χ2n) is 3.53. The van der Waals surface area contributed by atoms with E-state index in [1.54, 1.807) is 0 Å². The lowest BCUT2D eigenvalue weighted by Crippen LogP contribution is -2.10. The minimum absolute atomic E-state index is 0.0325. The number of amides is 1. The van der Waals surface area contributed by atoms with Gasteiger partial charge in [0, 0.05) is 12.1 Å². The van der Waals surface area contributed by atoms with Crippen molar-refractivity contribution in [3.8, 4) is 0 Å². The van der Waals surface area contributed by atoms with E-state index in [9.17, 15) is 4.79 Å². The van der Waals surface area contributed by atoms with Gasteiger partial charge in [-0.25, -0.2) is 4.98 Å². The smallest absolute Gasteiger partial charge is 0.224 e. The molecule has 0 fully saturated rings. The van der Waals surface area contributed by atoms with Crippen molar-refractivity contribution in [3.05, 3.63) is 18.2 Å². The van der Waals surface area contributed by atoms with E-state index < -0.39 is 0 Å². The minimum atomic E-state index is 0.0325. The first-order valence-electron chi connectivity index (χ1n) is 5.15. The highest BCUT2D eigenvalue weighted by Gasteiger charge is 2.04. The molecule has 1 amide bonds. The summed E-state index contributed by atoms with van der Waals surface area (Å²) in [5.41, 5.74) is 7.21. The second kappa shape index (κ2) is 4.49. The molecule has 0 bridgehead atoms. The normalized spacial score (nSPS) is 10.6. The molecular weight excluding hydrogens is 222 g/mol. The molecule has 2 rings (SSSR count). The van der Waals surface area contributed by atoms with Gasteiger partial charge in [-0.15, -0.1) is 0 Å². The summed E-state index contributed by atoms with van der Waals surface area (Å²) in [5, 5.41) is 3.38. The Labute approximate surface area is 97.5 Å². The molecule has 4 nitrogen and oxygen atoms in total. The molecule has 16 heavy (non-hydrogen) atoms. The molecule has 0 spiro atoms. The maximum absolute atomic E-state index is 11.4. The first kappa shape index (κ1) is 10.9. The van der Waals surface area contributed by atoms with E-state index in [-0.39, 0.29) is 5.91 Å². The van der Waals surface area contributed by atoms with Crippen LogP contribution in [0.1, 0.15) is 19.8 Å². The minimum Gasteiger partial charge on any atom is -0.375 e. The highest BCUT2D eigenvalue weighted by atomic mass is 32.1. The standard InChI is InChI=1S/C11H13N3OS/c1-2-3-10(15)13-7-4-5-9-8(6-7)14-11(12)16-9/h4-6H,2-3H2,1H3,(H2,12,14)(H,13,15). The number of aromatic nitrogens is 1. The molecular formula is C11H13N3OS. The van der Waals surface area contributed by atoms with E-state index in [1.807, 2.05) is 25.1 Å². The van der Waals surface area contributed by atoms with Gasteiger partial charge in [-0.2, -0.15) is 0 Å². The number of carbonyl (C=O) groups is 1. The zero-order valence-corrected chi connectivity index (χ0v) is 9.80. The summed E-state index contributed by atoms with van der Waals surface area (Å²) in [6.45, 7) is 1.98. The highest BCUT2D eigenvalue weighted by Crippen LogP contribution is 2.26. The zero-order valence-electron chi connectivity index (χ0n) is 8.99. The van der Waals surface area contributed by atoms with Crippen molar-refractivity contribution in [2.45, 2.75) is 19.8 Å². The van der Waals surface area contributed by atoms with Crippen LogP contribution in [0.3, 0.4) is 0 Å². The second-order valence-corrected chi connectivity index (χ2v) is 4.60. The summed E-state index contributed by atoms with van der Waals surface area (Å²) in [6.07, 6.45) is 1.38. The lowest BCUT2D eigenvalue weighted by Gasteiger charge is -2.03. The van der Waals surface area contributed by atoms with Crippen LogP contribution >= 0.6 is 11.3 Å². The van der Waals surface area contributed by atoms with Gasteiger partial charge in [0.25, 0.3) is 0 Å². The topological polar surface area (TPSA) is 68.0 Å². The van der Waals surface area contributed by atoms with Gasteiger partial charge in [-0.1, -0.05) is 18.3 Å². The third kappa shape index (κ3) is 2.30. The number of nitrogens with two attached hydrogens (primary N) is 1. The molecule has 0 atom stereocenters. The number of anilines is 2. The number of fused-ring (bicyclic) bond motifs is 1. The molecule has 0 aliphatic rings. The Hall–Kier alpha value is -1.62. The van der Waals surface area contributed by atoms with Gasteiger partial charge in [0.15, 0.2) is 5.13 Å². The number of carbonyl (C=O) groups excluding carboxylic acids is 1. The lowest BCUT2D eigenvalue weighted by molar-refractivity contribution is -0.116. The van der Waals surface area contributed by atoms with Crippen molar-refractivity contribution >= 4 is 38.3 Å². The van der Waals surface area contributed by atoms with Crippen LogP contribution in [0.5, 0.6) is 0 Å². The maximum atomic E-state index is 11.4. The predicted octanol–water partition coefficient (Wildman–Crippen LogP) is 2.62. The molecule has 0 aliphatic carbocycles. The molecule has 84 valence electrons. The van der Waals surface area contributed by atoms with Crippen LogP contribution in [0.25, 0.3) is 10.2 Å². The Balaban J connectivity index is 2.22. The van der Waals surface area contributed by atoms with E-state index in [2.05, 4.69) is 10.3 Å². The Morgan fingerprint density at radius 2 is 2.38 bits per heavy atom. The summed E-state index contributed by atoms with van der Waals surface area (Å²) >= 11 is 1.44. The van der Waals surface area contributed by atoms with Crippen molar-refractivity contribution in [2.75, 3.05) is 11.1 Å². The SMILES string of the molecule is CCCC(=O)Nc1ccc2sc(N)nc2c1. The number of nitrogen functional groups attached to an aromatic ring is 1. The fourth-order valence-electron chi connectivity index (χ4n) is 1.47. The Morgan fingerprint density at radius 1 is 1.56 bits per heavy atom. The molecule has 5 heteroatoms. The van der Waals surface area contributed by atoms with Gasteiger partial charge in [-0.3, -0.25) is 4.79 Å². The molecule has 0 aliphatic heterocycles. The molecule has 1 aromatic heterocycles. The summed E-state index contributed by atoms with van der Waals surface area (Å²) in [6, 6.07) is 5.63. The Morgan fingerprint density at radius 3 is 3.12 bits per heavy atom. The number of hydrogen-bond acceptors (Lipinski definition) is 4. The van der Waals surface area contributed by atoms with E-state index in [4.69, 9.17) is 5.73 Å². The average Bonchev–Trinajstić information content (AvgIpc) is 2.57. The fraction of sp³-hybridized carbons (Fsp3) is 0.273. The summed E-state index contributed by atoms with van der Waals surface area (Å²) in [5.74, 6) is 0.0325. The lowest BCUT2D eigenvalue weighted by atomic mass is 10.2. The van der Waals surface area contributed by atoms with Crippen molar-refractivity contribution in [3.63, 3.8) is 0 Å².